The number of aliphatic hydroxyl groups excluding tert-OH is 1. The SMILES string of the molecule is COC(=O)C(O)C(C(=O)OC)c1ccc(F)cc1. The van der Waals surface area contributed by atoms with Crippen LogP contribution in [0.25, 0.3) is 0 Å². The molecule has 0 heterocycles. The summed E-state index contributed by atoms with van der Waals surface area (Å²) in [7, 11) is 2.22. The van der Waals surface area contributed by atoms with E-state index in [0.29, 0.717) is 0 Å². The highest BCUT2D eigenvalue weighted by atomic mass is 19.1. The second-order valence-corrected chi connectivity index (χ2v) is 3.52. The summed E-state index contributed by atoms with van der Waals surface area (Å²) in [4.78, 5) is 22.8. The van der Waals surface area contributed by atoms with Gasteiger partial charge in [0.05, 0.1) is 14.2 Å². The van der Waals surface area contributed by atoms with Gasteiger partial charge in [0.25, 0.3) is 0 Å². The molecule has 0 fully saturated rings. The average molecular weight is 256 g/mol. The van der Waals surface area contributed by atoms with E-state index in [0.717, 1.165) is 26.4 Å². The highest BCUT2D eigenvalue weighted by Crippen LogP contribution is 2.22. The van der Waals surface area contributed by atoms with Crippen molar-refractivity contribution in [2.45, 2.75) is 12.0 Å². The van der Waals surface area contributed by atoms with Crippen molar-refractivity contribution in [2.24, 2.45) is 0 Å². The van der Waals surface area contributed by atoms with Crippen LogP contribution < -0.4 is 0 Å². The summed E-state index contributed by atoms with van der Waals surface area (Å²) in [5.41, 5.74) is 0.265. The van der Waals surface area contributed by atoms with Gasteiger partial charge in [-0.25, -0.2) is 9.18 Å². The van der Waals surface area contributed by atoms with Crippen molar-refractivity contribution in [2.75, 3.05) is 14.2 Å². The fourth-order valence-electron chi connectivity index (χ4n) is 1.50. The van der Waals surface area contributed by atoms with Crippen molar-refractivity contribution in [3.8, 4) is 0 Å². The van der Waals surface area contributed by atoms with E-state index in [4.69, 9.17) is 0 Å². The molecule has 6 heteroatoms. The van der Waals surface area contributed by atoms with E-state index in [1.165, 1.54) is 12.1 Å². The summed E-state index contributed by atoms with van der Waals surface area (Å²) in [5, 5.41) is 9.73. The molecule has 0 saturated carbocycles. The summed E-state index contributed by atoms with van der Waals surface area (Å²) in [6.45, 7) is 0. The van der Waals surface area contributed by atoms with Crippen molar-refractivity contribution >= 4 is 11.9 Å². The van der Waals surface area contributed by atoms with E-state index in [2.05, 4.69) is 9.47 Å². The van der Waals surface area contributed by atoms with Gasteiger partial charge in [0.2, 0.25) is 0 Å². The van der Waals surface area contributed by atoms with Crippen LogP contribution >= 0.6 is 0 Å². The Morgan fingerprint density at radius 3 is 2.06 bits per heavy atom. The zero-order valence-corrected chi connectivity index (χ0v) is 9.92. The number of benzene rings is 1. The summed E-state index contributed by atoms with van der Waals surface area (Å²) < 4.78 is 21.7. The van der Waals surface area contributed by atoms with Crippen LogP contribution in [0.3, 0.4) is 0 Å². The molecule has 5 nitrogen and oxygen atoms in total. The van der Waals surface area contributed by atoms with Crippen LogP contribution in [0.1, 0.15) is 11.5 Å². The number of methoxy groups -OCH3 is 2. The molecule has 0 aliphatic rings. The number of carbonyl (C=O) groups is 2. The highest BCUT2D eigenvalue weighted by Gasteiger charge is 2.35. The quantitative estimate of drug-likeness (QED) is 0.799. The van der Waals surface area contributed by atoms with E-state index in [1.54, 1.807) is 0 Å². The lowest BCUT2D eigenvalue weighted by atomic mass is 9.93. The second kappa shape index (κ2) is 6.11. The molecule has 1 rings (SSSR count). The lowest BCUT2D eigenvalue weighted by Gasteiger charge is -2.19. The number of halogens is 1. The monoisotopic (exact) mass is 256 g/mol. The third-order valence-corrected chi connectivity index (χ3v) is 2.44. The molecule has 0 aromatic heterocycles. The number of hydrogen-bond donors (Lipinski definition) is 1. The topological polar surface area (TPSA) is 72.8 Å². The first-order valence-electron chi connectivity index (χ1n) is 5.10. The lowest BCUT2D eigenvalue weighted by molar-refractivity contribution is -0.159. The maximum absolute atomic E-state index is 12.8. The summed E-state index contributed by atoms with van der Waals surface area (Å²) >= 11 is 0. The molecule has 0 aliphatic carbocycles. The number of aliphatic hydroxyl groups is 1. The third-order valence-electron chi connectivity index (χ3n) is 2.44. The maximum atomic E-state index is 12.8. The molecule has 0 spiro atoms. The number of hydrogen-bond acceptors (Lipinski definition) is 5. The smallest absolute Gasteiger partial charge is 0.335 e. The van der Waals surface area contributed by atoms with E-state index < -0.39 is 29.8 Å². The molecule has 2 atom stereocenters. The molecule has 0 saturated heterocycles. The maximum Gasteiger partial charge on any atom is 0.335 e. The zero-order chi connectivity index (χ0) is 13.7. The van der Waals surface area contributed by atoms with Crippen LogP contribution in [-0.2, 0) is 19.1 Å². The first-order valence-corrected chi connectivity index (χ1v) is 5.10. The van der Waals surface area contributed by atoms with Gasteiger partial charge in [-0.2, -0.15) is 0 Å². The van der Waals surface area contributed by atoms with Crippen LogP contribution in [0, 0.1) is 5.82 Å². The number of esters is 2. The molecule has 1 N–H and O–H groups in total. The largest absolute Gasteiger partial charge is 0.468 e. The van der Waals surface area contributed by atoms with Crippen LogP contribution in [0.15, 0.2) is 24.3 Å². The van der Waals surface area contributed by atoms with Gasteiger partial charge in [0.15, 0.2) is 6.10 Å². The Bertz CT molecular complexity index is 429. The van der Waals surface area contributed by atoms with Gasteiger partial charge in [-0.15, -0.1) is 0 Å². The Morgan fingerprint density at radius 1 is 1.11 bits per heavy atom. The molecular formula is C12H13FO5. The van der Waals surface area contributed by atoms with Crippen molar-refractivity contribution < 1.29 is 28.6 Å². The molecule has 0 amide bonds. The fourth-order valence-corrected chi connectivity index (χ4v) is 1.50. The Hall–Kier alpha value is -1.95. The normalized spacial score (nSPS) is 13.6. The predicted octanol–water partition coefficient (Wildman–Crippen LogP) is 0.616. The molecule has 1 aromatic rings. The van der Waals surface area contributed by atoms with Crippen LogP contribution in [0.2, 0.25) is 0 Å². The van der Waals surface area contributed by atoms with Crippen molar-refractivity contribution in [1.29, 1.82) is 0 Å². The molecule has 98 valence electrons. The first-order chi connectivity index (χ1) is 8.51. The van der Waals surface area contributed by atoms with Gasteiger partial charge in [0.1, 0.15) is 11.7 Å². The molecule has 0 radical (unpaired) electrons. The minimum absolute atomic E-state index is 0.265. The van der Waals surface area contributed by atoms with E-state index in [-0.39, 0.29) is 5.56 Å². The molecule has 2 unspecified atom stereocenters. The standard InChI is InChI=1S/C12H13FO5/c1-17-11(15)9(10(14)12(16)18-2)7-3-5-8(13)6-4-7/h3-6,9-10,14H,1-2H3. The number of ether oxygens (including phenoxy) is 2. The van der Waals surface area contributed by atoms with Gasteiger partial charge in [-0.05, 0) is 17.7 Å². The third kappa shape index (κ3) is 3.04. The van der Waals surface area contributed by atoms with Gasteiger partial charge < -0.3 is 14.6 Å². The fraction of sp³-hybridized carbons (Fsp3) is 0.333. The molecule has 1 aromatic carbocycles. The average Bonchev–Trinajstić information content (AvgIpc) is 2.39. The van der Waals surface area contributed by atoms with Gasteiger partial charge in [0, 0.05) is 0 Å². The summed E-state index contributed by atoms with van der Waals surface area (Å²) in [6, 6.07) is 4.83. The Morgan fingerprint density at radius 2 is 1.61 bits per heavy atom. The number of carbonyl (C=O) groups excluding carboxylic acids is 2. The minimum Gasteiger partial charge on any atom is -0.468 e. The Kier molecular flexibility index (Phi) is 4.79. The highest BCUT2D eigenvalue weighted by molar-refractivity contribution is 5.87. The second-order valence-electron chi connectivity index (χ2n) is 3.52. The van der Waals surface area contributed by atoms with Crippen molar-refractivity contribution in [3.05, 3.63) is 35.6 Å². The van der Waals surface area contributed by atoms with E-state index in [9.17, 15) is 19.1 Å². The molecule has 18 heavy (non-hydrogen) atoms. The van der Waals surface area contributed by atoms with Crippen molar-refractivity contribution in [1.82, 2.24) is 0 Å². The zero-order valence-electron chi connectivity index (χ0n) is 9.92. The lowest BCUT2D eigenvalue weighted by Crippen LogP contribution is -2.34. The Labute approximate surface area is 103 Å². The van der Waals surface area contributed by atoms with Crippen LogP contribution in [0.5, 0.6) is 0 Å². The summed E-state index contributed by atoms with van der Waals surface area (Å²) in [5.74, 6) is -3.51. The van der Waals surface area contributed by atoms with Crippen LogP contribution in [-0.4, -0.2) is 37.4 Å². The summed E-state index contributed by atoms with van der Waals surface area (Å²) in [6.07, 6.45) is -1.70. The Balaban J connectivity index is 3.09. The van der Waals surface area contributed by atoms with Gasteiger partial charge in [-0.3, -0.25) is 4.79 Å². The first kappa shape index (κ1) is 14.1. The molecule has 0 bridgehead atoms. The number of rotatable bonds is 4. The minimum atomic E-state index is -1.70. The molecule has 0 aliphatic heterocycles. The van der Waals surface area contributed by atoms with Crippen LogP contribution in [0.4, 0.5) is 4.39 Å². The molecular weight excluding hydrogens is 243 g/mol. The van der Waals surface area contributed by atoms with Gasteiger partial charge >= 0.3 is 11.9 Å². The predicted molar refractivity (Wildman–Crippen MR) is 59.2 cm³/mol. The van der Waals surface area contributed by atoms with E-state index in [1.807, 2.05) is 0 Å². The van der Waals surface area contributed by atoms with Crippen molar-refractivity contribution in [3.63, 3.8) is 0 Å². The van der Waals surface area contributed by atoms with Gasteiger partial charge in [-0.1, -0.05) is 12.1 Å². The van der Waals surface area contributed by atoms with E-state index >= 15 is 0 Å².